The minimum atomic E-state index is 0.525. The lowest BCUT2D eigenvalue weighted by atomic mass is 10.2. The predicted octanol–water partition coefficient (Wildman–Crippen LogP) is 3.34. The van der Waals surface area contributed by atoms with E-state index in [2.05, 4.69) is 9.97 Å². The van der Waals surface area contributed by atoms with E-state index in [1.807, 2.05) is 6.92 Å². The van der Waals surface area contributed by atoms with Crippen LogP contribution in [0.5, 0.6) is 0 Å². The maximum Gasteiger partial charge on any atom is 0.161 e. The Morgan fingerprint density at radius 1 is 1.25 bits per heavy atom. The first-order chi connectivity index (χ1) is 7.58. The van der Waals surface area contributed by atoms with Gasteiger partial charge >= 0.3 is 0 Å². The molecule has 0 spiro atoms. The largest absolute Gasteiger partial charge is 0.396 e. The van der Waals surface area contributed by atoms with Crippen molar-refractivity contribution in [3.63, 3.8) is 0 Å². The summed E-state index contributed by atoms with van der Waals surface area (Å²) in [5.74, 6) is 0.549. The topological polar surface area (TPSA) is 51.8 Å². The molecule has 0 amide bonds. The molecule has 2 rings (SSSR count). The van der Waals surface area contributed by atoms with Crippen molar-refractivity contribution in [2.24, 2.45) is 0 Å². The molecule has 1 aromatic carbocycles. The van der Waals surface area contributed by atoms with Gasteiger partial charge in [-0.15, -0.1) is 0 Å². The standard InChI is InChI=1S/C11H9Cl2N3/c1-6-10(14)5-15-11(16-6)8-3-2-7(12)4-9(8)13/h2-5H,14H2,1H3. The highest BCUT2D eigenvalue weighted by atomic mass is 35.5. The second-order valence-electron chi connectivity index (χ2n) is 3.36. The van der Waals surface area contributed by atoms with Gasteiger partial charge in [-0.25, -0.2) is 9.97 Å². The number of anilines is 1. The lowest BCUT2D eigenvalue weighted by Crippen LogP contribution is -1.97. The summed E-state index contributed by atoms with van der Waals surface area (Å²) in [6.07, 6.45) is 1.57. The molecule has 0 atom stereocenters. The summed E-state index contributed by atoms with van der Waals surface area (Å²) < 4.78 is 0. The first-order valence-corrected chi connectivity index (χ1v) is 5.38. The normalized spacial score (nSPS) is 10.4. The van der Waals surface area contributed by atoms with Crippen molar-refractivity contribution in [2.75, 3.05) is 5.73 Å². The Kier molecular flexibility index (Phi) is 2.99. The summed E-state index contributed by atoms with van der Waals surface area (Å²) in [5.41, 5.74) is 7.69. The average Bonchev–Trinajstić information content (AvgIpc) is 2.22. The van der Waals surface area contributed by atoms with E-state index in [0.717, 1.165) is 11.3 Å². The average molecular weight is 254 g/mol. The van der Waals surface area contributed by atoms with Crippen LogP contribution in [0.4, 0.5) is 5.69 Å². The number of aryl methyl sites for hydroxylation is 1. The molecular formula is C11H9Cl2N3. The fourth-order valence-corrected chi connectivity index (χ4v) is 1.77. The molecule has 0 radical (unpaired) electrons. The van der Waals surface area contributed by atoms with Gasteiger partial charge in [0.25, 0.3) is 0 Å². The molecule has 0 bridgehead atoms. The summed E-state index contributed by atoms with van der Waals surface area (Å²) >= 11 is 11.9. The fourth-order valence-electron chi connectivity index (χ4n) is 1.28. The van der Waals surface area contributed by atoms with Crippen LogP contribution in [0.3, 0.4) is 0 Å². The maximum atomic E-state index is 6.06. The van der Waals surface area contributed by atoms with Crippen LogP contribution in [-0.2, 0) is 0 Å². The molecule has 2 aromatic rings. The van der Waals surface area contributed by atoms with Crippen molar-refractivity contribution in [3.05, 3.63) is 40.1 Å². The minimum absolute atomic E-state index is 0.525. The van der Waals surface area contributed by atoms with Crippen LogP contribution in [-0.4, -0.2) is 9.97 Å². The van der Waals surface area contributed by atoms with Crippen molar-refractivity contribution >= 4 is 28.9 Å². The fraction of sp³-hybridized carbons (Fsp3) is 0.0909. The highest BCUT2D eigenvalue weighted by molar-refractivity contribution is 6.36. The monoisotopic (exact) mass is 253 g/mol. The van der Waals surface area contributed by atoms with Gasteiger partial charge in [-0.2, -0.15) is 0 Å². The van der Waals surface area contributed by atoms with Gasteiger partial charge in [0.1, 0.15) is 0 Å². The number of benzene rings is 1. The van der Waals surface area contributed by atoms with E-state index in [-0.39, 0.29) is 0 Å². The number of nitrogens with zero attached hydrogens (tertiary/aromatic N) is 2. The molecule has 3 nitrogen and oxygen atoms in total. The van der Waals surface area contributed by atoms with Crippen molar-refractivity contribution < 1.29 is 0 Å². The van der Waals surface area contributed by atoms with E-state index in [1.165, 1.54) is 0 Å². The molecule has 82 valence electrons. The predicted molar refractivity (Wildman–Crippen MR) is 66.6 cm³/mol. The van der Waals surface area contributed by atoms with Crippen LogP contribution in [0.1, 0.15) is 5.69 Å². The summed E-state index contributed by atoms with van der Waals surface area (Å²) in [4.78, 5) is 8.41. The molecule has 0 aliphatic rings. The van der Waals surface area contributed by atoms with Gasteiger partial charge < -0.3 is 5.73 Å². The van der Waals surface area contributed by atoms with Crippen molar-refractivity contribution in [3.8, 4) is 11.4 Å². The lowest BCUT2D eigenvalue weighted by Gasteiger charge is -2.05. The van der Waals surface area contributed by atoms with Gasteiger partial charge in [0, 0.05) is 10.6 Å². The van der Waals surface area contributed by atoms with Crippen molar-refractivity contribution in [1.82, 2.24) is 9.97 Å². The third kappa shape index (κ3) is 2.10. The first-order valence-electron chi connectivity index (χ1n) is 4.62. The summed E-state index contributed by atoms with van der Waals surface area (Å²) in [6.45, 7) is 1.82. The van der Waals surface area contributed by atoms with Gasteiger partial charge in [-0.1, -0.05) is 23.2 Å². The van der Waals surface area contributed by atoms with Gasteiger partial charge in [0.15, 0.2) is 5.82 Å². The maximum absolute atomic E-state index is 6.06. The van der Waals surface area contributed by atoms with Crippen molar-refractivity contribution in [2.45, 2.75) is 6.92 Å². The van der Waals surface area contributed by atoms with Gasteiger partial charge in [-0.3, -0.25) is 0 Å². The molecule has 5 heteroatoms. The number of aromatic nitrogens is 2. The summed E-state index contributed by atoms with van der Waals surface area (Å²) in [7, 11) is 0. The number of hydrogen-bond acceptors (Lipinski definition) is 3. The second-order valence-corrected chi connectivity index (χ2v) is 4.20. The van der Waals surface area contributed by atoms with E-state index in [1.54, 1.807) is 24.4 Å². The number of halogens is 2. The Balaban J connectivity index is 2.54. The number of nitrogens with two attached hydrogens (primary N) is 1. The van der Waals surface area contributed by atoms with Crippen LogP contribution in [0.25, 0.3) is 11.4 Å². The number of nitrogen functional groups attached to an aromatic ring is 1. The summed E-state index contributed by atoms with van der Waals surface area (Å²) in [6, 6.07) is 5.20. The molecular weight excluding hydrogens is 245 g/mol. The Labute approximate surface area is 103 Å². The smallest absolute Gasteiger partial charge is 0.161 e. The van der Waals surface area contributed by atoms with Crippen LogP contribution in [0, 0.1) is 6.92 Å². The molecule has 0 unspecified atom stereocenters. The van der Waals surface area contributed by atoms with Crippen LogP contribution >= 0.6 is 23.2 Å². The third-order valence-electron chi connectivity index (χ3n) is 2.19. The Bertz CT molecular complexity index is 541. The minimum Gasteiger partial charge on any atom is -0.396 e. The van der Waals surface area contributed by atoms with Crippen molar-refractivity contribution in [1.29, 1.82) is 0 Å². The van der Waals surface area contributed by atoms with Gasteiger partial charge in [0.2, 0.25) is 0 Å². The van der Waals surface area contributed by atoms with Gasteiger partial charge in [0.05, 0.1) is 22.6 Å². The SMILES string of the molecule is Cc1nc(-c2ccc(Cl)cc2Cl)ncc1N. The first kappa shape index (κ1) is 11.2. The summed E-state index contributed by atoms with van der Waals surface area (Å²) in [5, 5.41) is 1.11. The Morgan fingerprint density at radius 2 is 2.00 bits per heavy atom. The molecule has 1 heterocycles. The molecule has 0 aliphatic heterocycles. The number of hydrogen-bond donors (Lipinski definition) is 1. The Hall–Kier alpha value is -1.32. The lowest BCUT2D eigenvalue weighted by molar-refractivity contribution is 1.12. The van der Waals surface area contributed by atoms with E-state index in [0.29, 0.717) is 21.6 Å². The molecule has 0 aliphatic carbocycles. The quantitative estimate of drug-likeness (QED) is 0.849. The number of rotatable bonds is 1. The highest BCUT2D eigenvalue weighted by Gasteiger charge is 2.08. The molecule has 0 fully saturated rings. The second kappa shape index (κ2) is 4.28. The third-order valence-corrected chi connectivity index (χ3v) is 2.74. The van der Waals surface area contributed by atoms with E-state index in [4.69, 9.17) is 28.9 Å². The molecule has 0 saturated heterocycles. The zero-order chi connectivity index (χ0) is 11.7. The molecule has 2 N–H and O–H groups in total. The molecule has 16 heavy (non-hydrogen) atoms. The van der Waals surface area contributed by atoms with E-state index in [9.17, 15) is 0 Å². The Morgan fingerprint density at radius 3 is 2.62 bits per heavy atom. The van der Waals surface area contributed by atoms with E-state index < -0.39 is 0 Å². The van der Waals surface area contributed by atoms with E-state index >= 15 is 0 Å². The van der Waals surface area contributed by atoms with Gasteiger partial charge in [-0.05, 0) is 25.1 Å². The molecule has 0 saturated carbocycles. The highest BCUT2D eigenvalue weighted by Crippen LogP contribution is 2.28. The molecule has 1 aromatic heterocycles. The van der Waals surface area contributed by atoms with Crippen LogP contribution in [0.15, 0.2) is 24.4 Å². The van der Waals surface area contributed by atoms with Crippen LogP contribution in [0.2, 0.25) is 10.0 Å². The zero-order valence-corrected chi connectivity index (χ0v) is 10.0. The zero-order valence-electron chi connectivity index (χ0n) is 8.54. The van der Waals surface area contributed by atoms with Crippen LogP contribution < -0.4 is 5.73 Å².